The predicted molar refractivity (Wildman–Crippen MR) is 25.3 cm³/mol. The van der Waals surface area contributed by atoms with E-state index in [1.807, 2.05) is 0 Å². The number of carbonyl (C=O) groups excluding carboxylic acids is 1. The number of carbonyl (C=O) groups is 1. The van der Waals surface area contributed by atoms with Gasteiger partial charge in [-0.2, -0.15) is 0 Å². The second kappa shape index (κ2) is 2.92. The van der Waals surface area contributed by atoms with E-state index in [1.54, 1.807) is 0 Å². The zero-order chi connectivity index (χ0) is 8.36. The number of aliphatic carboxylic acids is 1. The molecule has 10 heavy (non-hydrogen) atoms. The van der Waals surface area contributed by atoms with Crippen molar-refractivity contribution in [1.82, 2.24) is 0 Å². The summed E-state index contributed by atoms with van der Waals surface area (Å²) in [5, 5.41) is 23.2. The van der Waals surface area contributed by atoms with Crippen LogP contribution in [0.3, 0.4) is 0 Å². The van der Waals surface area contributed by atoms with Crippen LogP contribution in [0.15, 0.2) is 0 Å². The third kappa shape index (κ3) is 1.41. The summed E-state index contributed by atoms with van der Waals surface area (Å²) in [4.78, 5) is 9.79. The Balaban J connectivity index is 4.73. The molecule has 58 valence electrons. The fourth-order valence-corrected chi connectivity index (χ4v) is 0.461. The van der Waals surface area contributed by atoms with Crippen LogP contribution in [0.25, 0.3) is 0 Å². The van der Waals surface area contributed by atoms with Crippen molar-refractivity contribution in [2.75, 3.05) is 6.61 Å². The lowest BCUT2D eigenvalue weighted by Crippen LogP contribution is -2.47. The molecule has 2 N–H and O–H groups in total. The molecule has 0 saturated carbocycles. The van der Waals surface area contributed by atoms with Crippen LogP contribution in [0.1, 0.15) is 0 Å². The molecule has 0 rings (SSSR count). The summed E-state index contributed by atoms with van der Waals surface area (Å²) in [6.07, 6.45) is 0. The van der Waals surface area contributed by atoms with E-state index in [0.717, 1.165) is 0 Å². The number of hydrogen-bond donors (Lipinski definition) is 2. The summed E-state index contributed by atoms with van der Waals surface area (Å²) in [7, 11) is -3.64. The molecule has 0 radical (unpaired) electrons. The molecule has 0 aliphatic heterocycles. The molecule has 0 aliphatic carbocycles. The van der Waals surface area contributed by atoms with Gasteiger partial charge in [0.1, 0.15) is 0 Å². The Bertz CT molecular complexity index is 199. The fraction of sp³-hybridized carbons (Fsp3) is 0.667. The standard InChI is InChI=1S/C3H5O6P/c4-1-3(7,2(5)6)10(8)9/h4,7H,1H2,(H,5,6)/p-1. The second-order valence-electron chi connectivity index (χ2n) is 1.52. The molecule has 0 aromatic carbocycles. The van der Waals surface area contributed by atoms with Gasteiger partial charge in [-0.3, -0.25) is 0 Å². The number of carboxylic acid groups (broad SMARTS) is 1. The Kier molecular flexibility index (Phi) is 2.71. The molecule has 0 fully saturated rings. The molecule has 0 spiro atoms. The van der Waals surface area contributed by atoms with Gasteiger partial charge in [0.25, 0.3) is 0 Å². The van der Waals surface area contributed by atoms with E-state index < -0.39 is 25.6 Å². The van der Waals surface area contributed by atoms with Crippen molar-refractivity contribution in [3.05, 3.63) is 0 Å². The quantitative estimate of drug-likeness (QED) is 0.452. The van der Waals surface area contributed by atoms with Crippen molar-refractivity contribution < 1.29 is 29.2 Å². The normalized spacial score (nSPS) is 15.8. The minimum Gasteiger partial charge on any atom is -0.546 e. The van der Waals surface area contributed by atoms with Crippen LogP contribution >= 0.6 is 7.68 Å². The van der Waals surface area contributed by atoms with Gasteiger partial charge in [0.2, 0.25) is 5.34 Å². The van der Waals surface area contributed by atoms with Gasteiger partial charge >= 0.3 is 7.68 Å². The highest BCUT2D eigenvalue weighted by Gasteiger charge is 2.34. The van der Waals surface area contributed by atoms with Crippen LogP contribution in [0.5, 0.6) is 0 Å². The molecule has 0 aromatic heterocycles. The van der Waals surface area contributed by atoms with Crippen LogP contribution in [-0.4, -0.2) is 28.1 Å². The highest BCUT2D eigenvalue weighted by atomic mass is 31.1. The van der Waals surface area contributed by atoms with E-state index >= 15 is 0 Å². The summed E-state index contributed by atoms with van der Waals surface area (Å²) < 4.78 is 19.8. The molecule has 6 nitrogen and oxygen atoms in total. The van der Waals surface area contributed by atoms with Crippen molar-refractivity contribution >= 4 is 13.6 Å². The lowest BCUT2D eigenvalue weighted by Gasteiger charge is -2.16. The molecule has 7 heteroatoms. The van der Waals surface area contributed by atoms with Crippen molar-refractivity contribution in [1.29, 1.82) is 0 Å². The maximum absolute atomic E-state index is 9.90. The van der Waals surface area contributed by atoms with E-state index in [1.165, 1.54) is 0 Å². The average molecular weight is 167 g/mol. The summed E-state index contributed by atoms with van der Waals surface area (Å²) in [6.45, 7) is -1.41. The topological polar surface area (TPSA) is 115 Å². The molecule has 1 atom stereocenters. The zero-order valence-electron chi connectivity index (χ0n) is 4.68. The van der Waals surface area contributed by atoms with Crippen LogP contribution in [0.4, 0.5) is 0 Å². The Morgan fingerprint density at radius 1 is 1.60 bits per heavy atom. The lowest BCUT2D eigenvalue weighted by atomic mass is 10.4. The Morgan fingerprint density at radius 2 is 2.00 bits per heavy atom. The predicted octanol–water partition coefficient (Wildman–Crippen LogP) is -2.41. The van der Waals surface area contributed by atoms with Crippen LogP contribution < -0.4 is 5.11 Å². The SMILES string of the molecule is O=C([O-])C(O)(CO)P(=O)=O. The van der Waals surface area contributed by atoms with Crippen molar-refractivity contribution in [2.24, 2.45) is 0 Å². The molecular formula is C3H4O6P-. The van der Waals surface area contributed by atoms with Gasteiger partial charge in [-0.1, -0.05) is 0 Å². The first-order chi connectivity index (χ1) is 4.45. The largest absolute Gasteiger partial charge is 0.546 e. The van der Waals surface area contributed by atoms with E-state index in [2.05, 4.69) is 0 Å². The summed E-state index contributed by atoms with van der Waals surface area (Å²) in [5.41, 5.74) is 0. The van der Waals surface area contributed by atoms with E-state index in [0.29, 0.717) is 0 Å². The van der Waals surface area contributed by atoms with Crippen LogP contribution in [0.2, 0.25) is 0 Å². The lowest BCUT2D eigenvalue weighted by molar-refractivity contribution is -0.319. The van der Waals surface area contributed by atoms with E-state index in [4.69, 9.17) is 10.2 Å². The molecule has 0 aliphatic rings. The van der Waals surface area contributed by atoms with Crippen molar-refractivity contribution in [2.45, 2.75) is 5.34 Å². The number of rotatable bonds is 3. The zero-order valence-corrected chi connectivity index (χ0v) is 5.58. The van der Waals surface area contributed by atoms with Gasteiger partial charge in [0.05, 0.1) is 12.6 Å². The number of hydrogen-bond acceptors (Lipinski definition) is 6. The minimum atomic E-state index is -3.64. The highest BCUT2D eigenvalue weighted by molar-refractivity contribution is 7.34. The monoisotopic (exact) mass is 167 g/mol. The first kappa shape index (κ1) is 9.29. The van der Waals surface area contributed by atoms with Crippen LogP contribution in [-0.2, 0) is 13.9 Å². The third-order valence-electron chi connectivity index (χ3n) is 0.849. The molecule has 0 aromatic rings. The fourth-order valence-electron chi connectivity index (χ4n) is 0.197. The first-order valence-electron chi connectivity index (χ1n) is 2.14. The molecule has 0 heterocycles. The van der Waals surface area contributed by atoms with Crippen molar-refractivity contribution in [3.63, 3.8) is 0 Å². The molecule has 0 bridgehead atoms. The maximum atomic E-state index is 9.90. The summed E-state index contributed by atoms with van der Waals surface area (Å²) >= 11 is 0. The van der Waals surface area contributed by atoms with Gasteiger partial charge in [0, 0.05) is 0 Å². The van der Waals surface area contributed by atoms with E-state index in [9.17, 15) is 19.0 Å². The smallest absolute Gasteiger partial charge is 0.356 e. The molecule has 0 amide bonds. The second-order valence-corrected chi connectivity index (χ2v) is 2.77. The van der Waals surface area contributed by atoms with Crippen molar-refractivity contribution in [3.8, 4) is 0 Å². The van der Waals surface area contributed by atoms with Gasteiger partial charge < -0.3 is 20.1 Å². The van der Waals surface area contributed by atoms with Crippen LogP contribution in [0, 0.1) is 0 Å². The summed E-state index contributed by atoms with van der Waals surface area (Å²) in [5.74, 6) is -2.23. The maximum Gasteiger partial charge on any atom is 0.356 e. The Labute approximate surface area is 55.9 Å². The minimum absolute atomic E-state index is 1.41. The van der Waals surface area contributed by atoms with E-state index in [-0.39, 0.29) is 0 Å². The average Bonchev–Trinajstić information content (AvgIpc) is 1.85. The molecule has 0 saturated heterocycles. The Morgan fingerprint density at radius 3 is 2.00 bits per heavy atom. The van der Waals surface area contributed by atoms with Gasteiger partial charge in [-0.15, -0.1) is 0 Å². The summed E-state index contributed by atoms with van der Waals surface area (Å²) in [6, 6.07) is 0. The van der Waals surface area contributed by atoms with Gasteiger partial charge in [-0.05, 0) is 0 Å². The third-order valence-corrected chi connectivity index (χ3v) is 1.78. The number of aliphatic hydroxyl groups excluding tert-OH is 1. The first-order valence-corrected chi connectivity index (χ1v) is 3.32. The van der Waals surface area contributed by atoms with Gasteiger partial charge in [-0.25, -0.2) is 9.13 Å². The number of carboxylic acids is 1. The highest BCUT2D eigenvalue weighted by Crippen LogP contribution is 2.24. The number of aliphatic hydroxyl groups is 2. The van der Waals surface area contributed by atoms with Gasteiger partial charge in [0.15, 0.2) is 0 Å². The molecular weight excluding hydrogens is 163 g/mol. The molecule has 1 unspecified atom stereocenters. The Hall–Kier alpha value is -0.710.